The molecule has 2 aromatic carbocycles. The van der Waals surface area contributed by atoms with Crippen LogP contribution in [0.1, 0.15) is 24.0 Å². The lowest BCUT2D eigenvalue weighted by molar-refractivity contribution is -0.130. The van der Waals surface area contributed by atoms with Gasteiger partial charge in [-0.1, -0.05) is 42.5 Å². The van der Waals surface area contributed by atoms with Gasteiger partial charge in [0.1, 0.15) is 11.9 Å². The van der Waals surface area contributed by atoms with E-state index in [0.717, 1.165) is 50.6 Å². The SMILES string of the molecule is CN=C(NCC(=O)N1CCc2ccccc2C1)N1CCC(Oc2ccccc2)CC1.I. The molecule has 2 aromatic rings. The third-order valence-corrected chi connectivity index (χ3v) is 5.88. The molecule has 2 aliphatic rings. The van der Waals surface area contributed by atoms with E-state index < -0.39 is 0 Å². The molecule has 0 aliphatic carbocycles. The lowest BCUT2D eigenvalue weighted by atomic mass is 10.00. The average Bonchev–Trinajstić information content (AvgIpc) is 2.80. The zero-order valence-electron chi connectivity index (χ0n) is 18.0. The Kier molecular flexibility index (Phi) is 8.57. The summed E-state index contributed by atoms with van der Waals surface area (Å²) in [6.07, 6.45) is 3.02. The molecule has 0 aromatic heterocycles. The maximum absolute atomic E-state index is 12.7. The van der Waals surface area contributed by atoms with E-state index in [9.17, 15) is 4.79 Å². The van der Waals surface area contributed by atoms with E-state index in [1.54, 1.807) is 7.05 Å². The zero-order valence-corrected chi connectivity index (χ0v) is 20.3. The highest BCUT2D eigenvalue weighted by atomic mass is 127. The van der Waals surface area contributed by atoms with Gasteiger partial charge < -0.3 is 19.9 Å². The number of guanidine groups is 1. The second kappa shape index (κ2) is 11.4. The summed E-state index contributed by atoms with van der Waals surface area (Å²) in [7, 11) is 1.77. The summed E-state index contributed by atoms with van der Waals surface area (Å²) >= 11 is 0. The molecule has 0 atom stereocenters. The summed E-state index contributed by atoms with van der Waals surface area (Å²) in [5, 5.41) is 3.27. The highest BCUT2D eigenvalue weighted by molar-refractivity contribution is 14.0. The van der Waals surface area contributed by atoms with Gasteiger partial charge in [0.2, 0.25) is 5.91 Å². The number of halogens is 1. The number of benzene rings is 2. The molecule has 2 aliphatic heterocycles. The van der Waals surface area contributed by atoms with E-state index in [-0.39, 0.29) is 42.5 Å². The topological polar surface area (TPSA) is 57.2 Å². The minimum absolute atomic E-state index is 0. The van der Waals surface area contributed by atoms with E-state index in [1.807, 2.05) is 41.3 Å². The third-order valence-electron chi connectivity index (χ3n) is 5.88. The van der Waals surface area contributed by atoms with E-state index in [4.69, 9.17) is 4.74 Å². The van der Waals surface area contributed by atoms with Gasteiger partial charge in [-0.25, -0.2) is 0 Å². The van der Waals surface area contributed by atoms with Crippen molar-refractivity contribution in [2.75, 3.05) is 33.2 Å². The van der Waals surface area contributed by atoms with Gasteiger partial charge in [0.05, 0.1) is 6.54 Å². The average molecular weight is 534 g/mol. The van der Waals surface area contributed by atoms with E-state index in [0.29, 0.717) is 6.54 Å². The van der Waals surface area contributed by atoms with Gasteiger partial charge in [0, 0.05) is 46.1 Å². The van der Waals surface area contributed by atoms with Crippen molar-refractivity contribution in [2.24, 2.45) is 4.99 Å². The Morgan fingerprint density at radius 2 is 1.68 bits per heavy atom. The number of carbonyl (C=O) groups is 1. The molecule has 1 amide bonds. The van der Waals surface area contributed by atoms with Crippen LogP contribution in [0.4, 0.5) is 0 Å². The molecule has 0 bridgehead atoms. The van der Waals surface area contributed by atoms with Crippen LogP contribution in [-0.4, -0.2) is 61.0 Å². The lowest BCUT2D eigenvalue weighted by Gasteiger charge is -2.34. The number of rotatable bonds is 4. The number of hydrogen-bond acceptors (Lipinski definition) is 3. The number of ether oxygens (including phenoxy) is 1. The van der Waals surface area contributed by atoms with Crippen LogP contribution in [0.15, 0.2) is 59.6 Å². The number of likely N-dealkylation sites (tertiary alicyclic amines) is 1. The van der Waals surface area contributed by atoms with E-state index >= 15 is 0 Å². The van der Waals surface area contributed by atoms with Crippen molar-refractivity contribution in [1.82, 2.24) is 15.1 Å². The number of carbonyl (C=O) groups excluding carboxylic acids is 1. The monoisotopic (exact) mass is 534 g/mol. The van der Waals surface area contributed by atoms with Crippen molar-refractivity contribution in [1.29, 1.82) is 0 Å². The summed E-state index contributed by atoms with van der Waals surface area (Å²) in [5.74, 6) is 1.83. The molecule has 166 valence electrons. The van der Waals surface area contributed by atoms with Crippen LogP contribution in [0.25, 0.3) is 0 Å². The van der Waals surface area contributed by atoms with Crippen LogP contribution in [0, 0.1) is 0 Å². The van der Waals surface area contributed by atoms with Crippen LogP contribution < -0.4 is 10.1 Å². The van der Waals surface area contributed by atoms with Gasteiger partial charge in [0.25, 0.3) is 0 Å². The molecule has 6 nitrogen and oxygen atoms in total. The zero-order chi connectivity index (χ0) is 20.8. The Hall–Kier alpha value is -2.29. The maximum Gasteiger partial charge on any atom is 0.242 e. The molecule has 4 rings (SSSR count). The summed E-state index contributed by atoms with van der Waals surface area (Å²) in [4.78, 5) is 21.3. The van der Waals surface area contributed by atoms with E-state index in [2.05, 4.69) is 33.4 Å². The van der Waals surface area contributed by atoms with Gasteiger partial charge in [-0.05, 0) is 29.7 Å². The normalized spacial score (nSPS) is 16.9. The number of fused-ring (bicyclic) bond motifs is 1. The number of amides is 1. The second-order valence-electron chi connectivity index (χ2n) is 7.85. The van der Waals surface area contributed by atoms with Crippen molar-refractivity contribution in [3.05, 3.63) is 65.7 Å². The smallest absolute Gasteiger partial charge is 0.242 e. The van der Waals surface area contributed by atoms with Crippen molar-refractivity contribution in [3.8, 4) is 5.75 Å². The molecular formula is C24H31IN4O2. The van der Waals surface area contributed by atoms with Crippen molar-refractivity contribution in [2.45, 2.75) is 31.9 Å². The first-order valence-electron chi connectivity index (χ1n) is 10.7. The number of nitrogens with one attached hydrogen (secondary N) is 1. The fourth-order valence-electron chi connectivity index (χ4n) is 4.18. The highest BCUT2D eigenvalue weighted by Gasteiger charge is 2.24. The quantitative estimate of drug-likeness (QED) is 0.372. The predicted octanol–water partition coefficient (Wildman–Crippen LogP) is 3.31. The number of hydrogen-bond donors (Lipinski definition) is 1. The molecule has 31 heavy (non-hydrogen) atoms. The first-order chi connectivity index (χ1) is 14.7. The van der Waals surface area contributed by atoms with Gasteiger partial charge in [-0.2, -0.15) is 0 Å². The minimum atomic E-state index is 0. The Labute approximate surface area is 201 Å². The first kappa shape index (κ1) is 23.4. The minimum Gasteiger partial charge on any atom is -0.490 e. The summed E-state index contributed by atoms with van der Waals surface area (Å²) in [6.45, 7) is 3.47. The fraction of sp³-hybridized carbons (Fsp3) is 0.417. The van der Waals surface area contributed by atoms with Crippen LogP contribution in [-0.2, 0) is 17.8 Å². The van der Waals surface area contributed by atoms with Crippen molar-refractivity contribution < 1.29 is 9.53 Å². The Morgan fingerprint density at radius 1 is 1.00 bits per heavy atom. The molecule has 7 heteroatoms. The molecule has 0 spiro atoms. The third kappa shape index (κ3) is 6.12. The molecule has 1 N–H and O–H groups in total. The largest absolute Gasteiger partial charge is 0.490 e. The van der Waals surface area contributed by atoms with Crippen molar-refractivity contribution in [3.63, 3.8) is 0 Å². The molecule has 0 unspecified atom stereocenters. The number of piperidine rings is 1. The summed E-state index contributed by atoms with van der Waals surface area (Å²) in [6, 6.07) is 18.4. The highest BCUT2D eigenvalue weighted by Crippen LogP contribution is 2.20. The van der Waals surface area contributed by atoms with Gasteiger partial charge in [-0.3, -0.25) is 9.79 Å². The first-order valence-corrected chi connectivity index (χ1v) is 10.7. The maximum atomic E-state index is 12.7. The fourth-order valence-corrected chi connectivity index (χ4v) is 4.18. The Balaban J connectivity index is 0.00000272. The molecular weight excluding hydrogens is 503 g/mol. The standard InChI is InChI=1S/C24H30N4O2.HI/c1-25-24(27-15-12-22(13-16-27)30-21-9-3-2-4-10-21)26-17-23(29)28-14-11-19-7-5-6-8-20(19)18-28;/h2-10,22H,11-18H2,1H3,(H,25,26);1H. The van der Waals surface area contributed by atoms with Crippen LogP contribution in [0.3, 0.4) is 0 Å². The molecule has 0 saturated carbocycles. The molecule has 1 saturated heterocycles. The summed E-state index contributed by atoms with van der Waals surface area (Å²) < 4.78 is 6.08. The molecule has 2 heterocycles. The number of nitrogens with zero attached hydrogens (tertiary/aromatic N) is 3. The van der Waals surface area contributed by atoms with Crippen LogP contribution in [0.5, 0.6) is 5.75 Å². The van der Waals surface area contributed by atoms with E-state index in [1.165, 1.54) is 11.1 Å². The predicted molar refractivity (Wildman–Crippen MR) is 134 cm³/mol. The molecule has 1 fully saturated rings. The van der Waals surface area contributed by atoms with Crippen molar-refractivity contribution >= 4 is 35.8 Å². The summed E-state index contributed by atoms with van der Waals surface area (Å²) in [5.41, 5.74) is 2.60. The Bertz CT molecular complexity index is 882. The second-order valence-corrected chi connectivity index (χ2v) is 7.85. The van der Waals surface area contributed by atoms with Crippen LogP contribution >= 0.6 is 24.0 Å². The Morgan fingerprint density at radius 3 is 2.39 bits per heavy atom. The molecule has 0 radical (unpaired) electrons. The van der Waals surface area contributed by atoms with Gasteiger partial charge >= 0.3 is 0 Å². The number of para-hydroxylation sites is 1. The van der Waals surface area contributed by atoms with Crippen LogP contribution in [0.2, 0.25) is 0 Å². The number of aliphatic imine (C=N–C) groups is 1. The van der Waals surface area contributed by atoms with Gasteiger partial charge in [0.15, 0.2) is 5.96 Å². The van der Waals surface area contributed by atoms with Gasteiger partial charge in [-0.15, -0.1) is 24.0 Å². The lowest BCUT2D eigenvalue weighted by Crippen LogP contribution is -2.50.